The van der Waals surface area contributed by atoms with Crippen LogP contribution in [0.1, 0.15) is 13.8 Å². The molecule has 2 aromatic rings. The lowest BCUT2D eigenvalue weighted by atomic mass is 10.3. The SMILES string of the molecule is CC.Ic1cc(-c2ccccn2)on1. The molecule has 0 N–H and O–H groups in total. The van der Waals surface area contributed by atoms with E-state index in [2.05, 4.69) is 32.7 Å². The Morgan fingerprint density at radius 2 is 2.07 bits per heavy atom. The zero-order valence-electron chi connectivity index (χ0n) is 8.07. The third-order valence-corrected chi connectivity index (χ3v) is 1.91. The third kappa shape index (κ3) is 2.80. The maximum Gasteiger partial charge on any atom is 0.186 e. The van der Waals surface area contributed by atoms with Crippen LogP contribution in [-0.2, 0) is 0 Å². The molecule has 74 valence electrons. The van der Waals surface area contributed by atoms with E-state index in [0.717, 1.165) is 9.39 Å². The van der Waals surface area contributed by atoms with E-state index in [1.165, 1.54) is 0 Å². The monoisotopic (exact) mass is 302 g/mol. The maximum atomic E-state index is 5.03. The minimum Gasteiger partial charge on any atom is -0.354 e. The molecule has 0 spiro atoms. The van der Waals surface area contributed by atoms with E-state index in [1.807, 2.05) is 38.1 Å². The molecular formula is C10H11IN2O. The number of aromatic nitrogens is 2. The fourth-order valence-corrected chi connectivity index (χ4v) is 1.26. The van der Waals surface area contributed by atoms with E-state index in [9.17, 15) is 0 Å². The third-order valence-electron chi connectivity index (χ3n) is 1.40. The average molecular weight is 302 g/mol. The lowest BCUT2D eigenvalue weighted by Crippen LogP contribution is -1.76. The van der Waals surface area contributed by atoms with Gasteiger partial charge in [-0.15, -0.1) is 0 Å². The van der Waals surface area contributed by atoms with E-state index in [-0.39, 0.29) is 0 Å². The Labute approximate surface area is 96.7 Å². The molecule has 0 saturated heterocycles. The smallest absolute Gasteiger partial charge is 0.186 e. The summed E-state index contributed by atoms with van der Waals surface area (Å²) in [4.78, 5) is 4.13. The van der Waals surface area contributed by atoms with Crippen LogP contribution in [0.2, 0.25) is 0 Å². The van der Waals surface area contributed by atoms with Crippen molar-refractivity contribution >= 4 is 22.6 Å². The Morgan fingerprint density at radius 3 is 2.57 bits per heavy atom. The average Bonchev–Trinajstić information content (AvgIpc) is 2.69. The minimum absolute atomic E-state index is 0.708. The highest BCUT2D eigenvalue weighted by Crippen LogP contribution is 2.17. The van der Waals surface area contributed by atoms with E-state index in [0.29, 0.717) is 5.76 Å². The second-order valence-electron chi connectivity index (χ2n) is 2.23. The molecule has 2 aromatic heterocycles. The molecule has 2 heterocycles. The van der Waals surface area contributed by atoms with Gasteiger partial charge in [-0.3, -0.25) is 4.98 Å². The molecule has 0 bridgehead atoms. The molecule has 0 aliphatic carbocycles. The van der Waals surface area contributed by atoms with Gasteiger partial charge in [0.2, 0.25) is 0 Å². The van der Waals surface area contributed by atoms with Crippen molar-refractivity contribution in [2.75, 3.05) is 0 Å². The van der Waals surface area contributed by atoms with Crippen molar-refractivity contribution in [3.63, 3.8) is 0 Å². The molecule has 0 unspecified atom stereocenters. The van der Waals surface area contributed by atoms with Crippen molar-refractivity contribution in [2.24, 2.45) is 0 Å². The Balaban J connectivity index is 0.000000461. The summed E-state index contributed by atoms with van der Waals surface area (Å²) in [6.07, 6.45) is 1.73. The molecule has 14 heavy (non-hydrogen) atoms. The predicted octanol–water partition coefficient (Wildman–Crippen LogP) is 3.37. The van der Waals surface area contributed by atoms with Crippen molar-refractivity contribution in [1.82, 2.24) is 10.1 Å². The van der Waals surface area contributed by atoms with Gasteiger partial charge in [0.15, 0.2) is 5.76 Å². The summed E-state index contributed by atoms with van der Waals surface area (Å²) < 4.78 is 5.87. The maximum absolute atomic E-state index is 5.03. The molecule has 4 heteroatoms. The lowest BCUT2D eigenvalue weighted by molar-refractivity contribution is 0.426. The zero-order valence-corrected chi connectivity index (χ0v) is 10.2. The van der Waals surface area contributed by atoms with Gasteiger partial charge in [0, 0.05) is 12.3 Å². The van der Waals surface area contributed by atoms with Crippen LogP contribution in [-0.4, -0.2) is 10.1 Å². The molecule has 2 rings (SSSR count). The molecule has 0 saturated carbocycles. The first kappa shape index (κ1) is 11.2. The number of hydrogen-bond donors (Lipinski definition) is 0. The summed E-state index contributed by atoms with van der Waals surface area (Å²) in [5.74, 6) is 0.708. The highest BCUT2D eigenvalue weighted by atomic mass is 127. The van der Waals surface area contributed by atoms with Gasteiger partial charge in [-0.25, -0.2) is 0 Å². The van der Waals surface area contributed by atoms with E-state index >= 15 is 0 Å². The minimum atomic E-state index is 0.708. The predicted molar refractivity (Wildman–Crippen MR) is 63.8 cm³/mol. The van der Waals surface area contributed by atoms with E-state index in [1.54, 1.807) is 6.20 Å². The van der Waals surface area contributed by atoms with Crippen LogP contribution in [0.4, 0.5) is 0 Å². The van der Waals surface area contributed by atoms with Gasteiger partial charge in [-0.2, -0.15) is 0 Å². The molecular weight excluding hydrogens is 291 g/mol. The summed E-state index contributed by atoms with van der Waals surface area (Å²) >= 11 is 2.09. The highest BCUT2D eigenvalue weighted by molar-refractivity contribution is 14.1. The Kier molecular flexibility index (Phi) is 4.58. The van der Waals surface area contributed by atoms with Gasteiger partial charge in [-0.05, 0) is 34.7 Å². The summed E-state index contributed by atoms with van der Waals surface area (Å²) in [6, 6.07) is 7.52. The highest BCUT2D eigenvalue weighted by Gasteiger charge is 2.03. The Bertz CT molecular complexity index is 373. The van der Waals surface area contributed by atoms with Crippen LogP contribution < -0.4 is 0 Å². The van der Waals surface area contributed by atoms with Crippen molar-refractivity contribution in [3.8, 4) is 11.5 Å². The van der Waals surface area contributed by atoms with Crippen LogP contribution >= 0.6 is 22.6 Å². The summed E-state index contributed by atoms with van der Waals surface area (Å²) in [5.41, 5.74) is 0.813. The molecule has 3 nitrogen and oxygen atoms in total. The zero-order chi connectivity index (χ0) is 10.4. The van der Waals surface area contributed by atoms with E-state index in [4.69, 9.17) is 4.52 Å². The molecule has 0 aromatic carbocycles. The summed E-state index contributed by atoms with van der Waals surface area (Å²) in [7, 11) is 0. The van der Waals surface area contributed by atoms with Crippen molar-refractivity contribution < 1.29 is 4.52 Å². The quantitative estimate of drug-likeness (QED) is 0.758. The first-order valence-corrected chi connectivity index (χ1v) is 5.48. The first-order valence-electron chi connectivity index (χ1n) is 4.40. The summed E-state index contributed by atoms with van der Waals surface area (Å²) in [5, 5.41) is 3.76. The number of nitrogens with zero attached hydrogens (tertiary/aromatic N) is 2. The van der Waals surface area contributed by atoms with Crippen LogP contribution in [0.3, 0.4) is 0 Å². The normalized spacial score (nSPS) is 9.07. The molecule has 0 fully saturated rings. The molecule has 0 aliphatic rings. The second kappa shape index (κ2) is 5.74. The number of rotatable bonds is 1. The van der Waals surface area contributed by atoms with Gasteiger partial charge >= 0.3 is 0 Å². The fourth-order valence-electron chi connectivity index (χ4n) is 0.883. The number of pyridine rings is 1. The first-order chi connectivity index (χ1) is 6.86. The van der Waals surface area contributed by atoms with Gasteiger partial charge < -0.3 is 4.52 Å². The van der Waals surface area contributed by atoms with Crippen molar-refractivity contribution in [3.05, 3.63) is 34.2 Å². The second-order valence-corrected chi connectivity index (χ2v) is 3.33. The van der Waals surface area contributed by atoms with Gasteiger partial charge in [-0.1, -0.05) is 25.1 Å². The summed E-state index contributed by atoms with van der Waals surface area (Å²) in [6.45, 7) is 4.00. The van der Waals surface area contributed by atoms with Crippen LogP contribution in [0.25, 0.3) is 11.5 Å². The van der Waals surface area contributed by atoms with Crippen LogP contribution in [0, 0.1) is 3.70 Å². The van der Waals surface area contributed by atoms with Crippen molar-refractivity contribution in [2.45, 2.75) is 13.8 Å². The number of hydrogen-bond acceptors (Lipinski definition) is 3. The van der Waals surface area contributed by atoms with Gasteiger partial charge in [0.05, 0.1) is 0 Å². The molecule has 0 amide bonds. The lowest BCUT2D eigenvalue weighted by Gasteiger charge is -1.89. The van der Waals surface area contributed by atoms with Crippen molar-refractivity contribution in [1.29, 1.82) is 0 Å². The molecule has 0 radical (unpaired) electrons. The Morgan fingerprint density at radius 1 is 1.29 bits per heavy atom. The standard InChI is InChI=1S/C8H5IN2O.C2H6/c9-8-5-7(12-11-8)6-3-1-2-4-10-6;1-2/h1-5H;1-2H3. The van der Waals surface area contributed by atoms with Crippen LogP contribution in [0.5, 0.6) is 0 Å². The number of halogens is 1. The van der Waals surface area contributed by atoms with Gasteiger partial charge in [0.1, 0.15) is 9.39 Å². The van der Waals surface area contributed by atoms with Crippen LogP contribution in [0.15, 0.2) is 35.0 Å². The van der Waals surface area contributed by atoms with Gasteiger partial charge in [0.25, 0.3) is 0 Å². The largest absolute Gasteiger partial charge is 0.354 e. The topological polar surface area (TPSA) is 38.9 Å². The Hall–Kier alpha value is -0.910. The fraction of sp³-hybridized carbons (Fsp3) is 0.200. The van der Waals surface area contributed by atoms with E-state index < -0.39 is 0 Å². The molecule has 0 atom stereocenters. The molecule has 0 aliphatic heterocycles.